The van der Waals surface area contributed by atoms with E-state index in [0.29, 0.717) is 6.54 Å². The smallest absolute Gasteiger partial charge is 0.0876 e. The zero-order chi connectivity index (χ0) is 10.9. The molecule has 0 spiro atoms. The predicted octanol–water partition coefficient (Wildman–Crippen LogP) is 2.63. The van der Waals surface area contributed by atoms with E-state index >= 15 is 0 Å². The molecule has 0 radical (unpaired) electrons. The maximum absolute atomic E-state index is 5.80. The second kappa shape index (κ2) is 3.95. The Kier molecular flexibility index (Phi) is 2.81. The van der Waals surface area contributed by atoms with Crippen molar-refractivity contribution in [3.05, 3.63) is 35.4 Å². The Hall–Kier alpha value is -0.860. The van der Waals surface area contributed by atoms with Crippen molar-refractivity contribution < 1.29 is 4.74 Å². The van der Waals surface area contributed by atoms with Crippen LogP contribution >= 0.6 is 0 Å². The van der Waals surface area contributed by atoms with Crippen molar-refractivity contribution in [2.75, 3.05) is 6.61 Å². The molecule has 1 aromatic rings. The van der Waals surface area contributed by atoms with Gasteiger partial charge in [-0.15, -0.1) is 0 Å². The summed E-state index contributed by atoms with van der Waals surface area (Å²) in [5, 5.41) is 0. The van der Waals surface area contributed by atoms with Crippen molar-refractivity contribution in [1.82, 2.24) is 0 Å². The van der Waals surface area contributed by atoms with Gasteiger partial charge in [0.05, 0.1) is 6.10 Å². The molecule has 15 heavy (non-hydrogen) atoms. The minimum atomic E-state index is 0.240. The Morgan fingerprint density at radius 3 is 2.47 bits per heavy atom. The fourth-order valence-corrected chi connectivity index (χ4v) is 2.17. The van der Waals surface area contributed by atoms with Gasteiger partial charge in [-0.25, -0.2) is 0 Å². The van der Waals surface area contributed by atoms with Crippen molar-refractivity contribution in [2.45, 2.75) is 32.9 Å². The first-order valence-corrected chi connectivity index (χ1v) is 5.54. The topological polar surface area (TPSA) is 35.2 Å². The van der Waals surface area contributed by atoms with Gasteiger partial charge in [-0.05, 0) is 23.0 Å². The standard InChI is InChI=1S/C13H19NO/c1-13(2)7-8-15-12(13)11-5-3-10(9-14)4-6-11/h3-6,12H,7-9,14H2,1-2H3. The Labute approximate surface area is 91.4 Å². The number of hydrogen-bond acceptors (Lipinski definition) is 2. The number of ether oxygens (including phenoxy) is 1. The molecule has 0 amide bonds. The van der Waals surface area contributed by atoms with E-state index < -0.39 is 0 Å². The van der Waals surface area contributed by atoms with Crippen LogP contribution in [0.3, 0.4) is 0 Å². The highest BCUT2D eigenvalue weighted by molar-refractivity contribution is 5.25. The van der Waals surface area contributed by atoms with Crippen LogP contribution in [0.1, 0.15) is 37.5 Å². The molecule has 1 saturated heterocycles. The van der Waals surface area contributed by atoms with Crippen molar-refractivity contribution >= 4 is 0 Å². The van der Waals surface area contributed by atoms with Gasteiger partial charge < -0.3 is 10.5 Å². The molecule has 2 heteroatoms. The van der Waals surface area contributed by atoms with Crippen LogP contribution < -0.4 is 5.73 Å². The summed E-state index contributed by atoms with van der Waals surface area (Å²) < 4.78 is 5.80. The summed E-state index contributed by atoms with van der Waals surface area (Å²) in [6.45, 7) is 6.01. The molecule has 1 unspecified atom stereocenters. The van der Waals surface area contributed by atoms with E-state index in [2.05, 4.69) is 38.1 Å². The van der Waals surface area contributed by atoms with Gasteiger partial charge in [0, 0.05) is 13.2 Å². The summed E-state index contributed by atoms with van der Waals surface area (Å²) in [6, 6.07) is 8.46. The van der Waals surface area contributed by atoms with Gasteiger partial charge in [0.2, 0.25) is 0 Å². The van der Waals surface area contributed by atoms with Crippen molar-refractivity contribution in [2.24, 2.45) is 11.1 Å². The summed E-state index contributed by atoms with van der Waals surface area (Å²) >= 11 is 0. The Morgan fingerprint density at radius 2 is 2.00 bits per heavy atom. The Bertz CT molecular complexity index is 329. The molecule has 0 aliphatic carbocycles. The number of rotatable bonds is 2. The Balaban J connectivity index is 2.22. The summed E-state index contributed by atoms with van der Waals surface area (Å²) in [5.74, 6) is 0. The molecule has 82 valence electrons. The number of nitrogens with two attached hydrogens (primary N) is 1. The monoisotopic (exact) mass is 205 g/mol. The molecule has 1 fully saturated rings. The molecule has 1 aromatic carbocycles. The third-order valence-corrected chi connectivity index (χ3v) is 3.26. The fraction of sp³-hybridized carbons (Fsp3) is 0.538. The molecule has 1 atom stereocenters. The average Bonchev–Trinajstić information content (AvgIpc) is 2.58. The molecular formula is C13H19NO. The average molecular weight is 205 g/mol. The highest BCUT2D eigenvalue weighted by Gasteiger charge is 2.36. The second-order valence-electron chi connectivity index (χ2n) is 4.94. The molecule has 1 aliphatic heterocycles. The molecule has 0 saturated carbocycles. The highest BCUT2D eigenvalue weighted by atomic mass is 16.5. The quantitative estimate of drug-likeness (QED) is 0.805. The first kappa shape index (κ1) is 10.7. The van der Waals surface area contributed by atoms with Crippen LogP contribution in [0.2, 0.25) is 0 Å². The van der Waals surface area contributed by atoms with Crippen LogP contribution in [0.4, 0.5) is 0 Å². The lowest BCUT2D eigenvalue weighted by Gasteiger charge is -2.25. The van der Waals surface area contributed by atoms with Crippen molar-refractivity contribution in [3.63, 3.8) is 0 Å². The van der Waals surface area contributed by atoms with Gasteiger partial charge in [0.1, 0.15) is 0 Å². The normalized spacial score (nSPS) is 24.3. The van der Waals surface area contributed by atoms with Crippen molar-refractivity contribution in [1.29, 1.82) is 0 Å². The van der Waals surface area contributed by atoms with Crippen LogP contribution in [-0.2, 0) is 11.3 Å². The summed E-state index contributed by atoms with van der Waals surface area (Å²) in [4.78, 5) is 0. The predicted molar refractivity (Wildman–Crippen MR) is 61.4 cm³/mol. The molecule has 0 bridgehead atoms. The third-order valence-electron chi connectivity index (χ3n) is 3.26. The zero-order valence-corrected chi connectivity index (χ0v) is 9.49. The lowest BCUT2D eigenvalue weighted by molar-refractivity contribution is 0.0636. The SMILES string of the molecule is CC1(C)CCOC1c1ccc(CN)cc1. The highest BCUT2D eigenvalue weighted by Crippen LogP contribution is 2.44. The first-order chi connectivity index (χ1) is 7.13. The van der Waals surface area contributed by atoms with Gasteiger partial charge in [0.25, 0.3) is 0 Å². The van der Waals surface area contributed by atoms with Crippen LogP contribution in [0, 0.1) is 5.41 Å². The minimum absolute atomic E-state index is 0.240. The number of hydrogen-bond donors (Lipinski definition) is 1. The van der Waals surface area contributed by atoms with E-state index in [9.17, 15) is 0 Å². The molecule has 1 heterocycles. The van der Waals surface area contributed by atoms with Crippen LogP contribution in [0.25, 0.3) is 0 Å². The van der Waals surface area contributed by atoms with Gasteiger partial charge >= 0.3 is 0 Å². The first-order valence-electron chi connectivity index (χ1n) is 5.54. The van der Waals surface area contributed by atoms with Crippen molar-refractivity contribution in [3.8, 4) is 0 Å². The van der Waals surface area contributed by atoms with E-state index in [1.165, 1.54) is 11.1 Å². The largest absolute Gasteiger partial charge is 0.373 e. The van der Waals surface area contributed by atoms with E-state index in [-0.39, 0.29) is 11.5 Å². The molecule has 0 aromatic heterocycles. The maximum Gasteiger partial charge on any atom is 0.0876 e. The van der Waals surface area contributed by atoms with E-state index in [1.807, 2.05) is 0 Å². The number of benzene rings is 1. The Morgan fingerprint density at radius 1 is 1.33 bits per heavy atom. The lowest BCUT2D eigenvalue weighted by Crippen LogP contribution is -2.16. The van der Waals surface area contributed by atoms with E-state index in [1.54, 1.807) is 0 Å². The zero-order valence-electron chi connectivity index (χ0n) is 9.49. The molecule has 2 nitrogen and oxygen atoms in total. The molecule has 1 aliphatic rings. The summed E-state index contributed by atoms with van der Waals surface area (Å²) in [7, 11) is 0. The minimum Gasteiger partial charge on any atom is -0.373 e. The maximum atomic E-state index is 5.80. The van der Waals surface area contributed by atoms with Gasteiger partial charge in [-0.1, -0.05) is 38.1 Å². The lowest BCUT2D eigenvalue weighted by atomic mass is 9.82. The van der Waals surface area contributed by atoms with E-state index in [0.717, 1.165) is 13.0 Å². The van der Waals surface area contributed by atoms with Crippen LogP contribution in [-0.4, -0.2) is 6.61 Å². The van der Waals surface area contributed by atoms with Crippen LogP contribution in [0.15, 0.2) is 24.3 Å². The molecular weight excluding hydrogens is 186 g/mol. The molecule has 2 N–H and O–H groups in total. The second-order valence-corrected chi connectivity index (χ2v) is 4.94. The van der Waals surface area contributed by atoms with Gasteiger partial charge in [0.15, 0.2) is 0 Å². The van der Waals surface area contributed by atoms with Gasteiger partial charge in [-0.3, -0.25) is 0 Å². The summed E-state index contributed by atoms with van der Waals surface area (Å²) in [6.07, 6.45) is 1.38. The summed E-state index contributed by atoms with van der Waals surface area (Å²) in [5.41, 5.74) is 8.28. The fourth-order valence-electron chi connectivity index (χ4n) is 2.17. The molecule has 2 rings (SSSR count). The van der Waals surface area contributed by atoms with E-state index in [4.69, 9.17) is 10.5 Å². The third kappa shape index (κ3) is 2.06. The van der Waals surface area contributed by atoms with Crippen LogP contribution in [0.5, 0.6) is 0 Å². The van der Waals surface area contributed by atoms with Gasteiger partial charge in [-0.2, -0.15) is 0 Å².